The summed E-state index contributed by atoms with van der Waals surface area (Å²) >= 11 is 1.44. The van der Waals surface area contributed by atoms with Crippen LogP contribution in [0.3, 0.4) is 0 Å². The third-order valence-corrected chi connectivity index (χ3v) is 4.61. The van der Waals surface area contributed by atoms with Crippen molar-refractivity contribution in [3.8, 4) is 0 Å². The number of hydrogen-bond donors (Lipinski definition) is 0. The topological polar surface area (TPSA) is 64.4 Å². The normalized spacial score (nSPS) is 22.2. The van der Waals surface area contributed by atoms with Crippen molar-refractivity contribution in [3.05, 3.63) is 28.1 Å². The molecule has 1 aliphatic rings. The van der Waals surface area contributed by atoms with Gasteiger partial charge in [0.25, 0.3) is 5.56 Å². The molecule has 1 fully saturated rings. The van der Waals surface area contributed by atoms with Crippen LogP contribution in [0, 0.1) is 0 Å². The van der Waals surface area contributed by atoms with Crippen molar-refractivity contribution in [3.63, 3.8) is 0 Å². The van der Waals surface area contributed by atoms with E-state index in [1.54, 1.807) is 6.07 Å². The summed E-state index contributed by atoms with van der Waals surface area (Å²) in [5.41, 5.74) is -0.0808. The highest BCUT2D eigenvalue weighted by Gasteiger charge is 2.25. The first-order chi connectivity index (χ1) is 10.5. The second kappa shape index (κ2) is 6.18. The van der Waals surface area contributed by atoms with Gasteiger partial charge < -0.3 is 9.64 Å². The molecule has 0 aromatic carbocycles. The maximum atomic E-state index is 12.3. The van der Waals surface area contributed by atoms with E-state index in [4.69, 9.17) is 4.74 Å². The van der Waals surface area contributed by atoms with Crippen LogP contribution in [0.1, 0.15) is 20.3 Å². The van der Waals surface area contributed by atoms with E-state index in [0.29, 0.717) is 31.4 Å². The summed E-state index contributed by atoms with van der Waals surface area (Å²) in [5.74, 6) is 0.0549. The summed E-state index contributed by atoms with van der Waals surface area (Å²) in [4.78, 5) is 31.4. The van der Waals surface area contributed by atoms with Gasteiger partial charge >= 0.3 is 0 Å². The van der Waals surface area contributed by atoms with Gasteiger partial charge in [-0.2, -0.15) is 0 Å². The molecule has 7 heteroatoms. The Bertz CT molecular complexity index is 729. The molecule has 0 bridgehead atoms. The maximum absolute atomic E-state index is 12.3. The Morgan fingerprint density at radius 1 is 1.41 bits per heavy atom. The number of carbonyl (C=O) groups excluding carboxylic acids is 1. The minimum atomic E-state index is -0.0808. The van der Waals surface area contributed by atoms with Crippen molar-refractivity contribution in [1.82, 2.24) is 14.5 Å². The molecule has 118 valence electrons. The first kappa shape index (κ1) is 15.2. The van der Waals surface area contributed by atoms with Crippen LogP contribution in [0.5, 0.6) is 0 Å². The molecule has 0 radical (unpaired) electrons. The van der Waals surface area contributed by atoms with Gasteiger partial charge in [0.2, 0.25) is 5.91 Å². The van der Waals surface area contributed by atoms with Gasteiger partial charge in [-0.1, -0.05) is 0 Å². The number of thiophene rings is 1. The fourth-order valence-electron chi connectivity index (χ4n) is 2.81. The number of aromatic nitrogens is 2. The second-order valence-corrected chi connectivity index (χ2v) is 6.58. The Morgan fingerprint density at radius 3 is 2.86 bits per heavy atom. The molecule has 3 rings (SSSR count). The number of hydrogen-bond acceptors (Lipinski definition) is 5. The number of ether oxygens (including phenoxy) is 1. The summed E-state index contributed by atoms with van der Waals surface area (Å²) < 4.78 is 7.14. The summed E-state index contributed by atoms with van der Waals surface area (Å²) in [6.45, 7) is 5.51. The number of carbonyl (C=O) groups is 1. The minimum Gasteiger partial charge on any atom is -0.372 e. The van der Waals surface area contributed by atoms with Gasteiger partial charge in [0.15, 0.2) is 0 Å². The molecule has 0 unspecified atom stereocenters. The maximum Gasteiger partial charge on any atom is 0.262 e. The average Bonchev–Trinajstić information content (AvgIpc) is 2.94. The van der Waals surface area contributed by atoms with E-state index < -0.39 is 0 Å². The fraction of sp³-hybridized carbons (Fsp3) is 0.533. The van der Waals surface area contributed by atoms with E-state index in [-0.39, 0.29) is 23.7 Å². The molecular formula is C15H19N3O3S. The Balaban J connectivity index is 1.67. The number of aryl methyl sites for hydroxylation is 1. The molecule has 1 saturated heterocycles. The lowest BCUT2D eigenvalue weighted by Gasteiger charge is -2.35. The average molecular weight is 321 g/mol. The van der Waals surface area contributed by atoms with Crippen LogP contribution in [-0.4, -0.2) is 45.7 Å². The molecule has 22 heavy (non-hydrogen) atoms. The van der Waals surface area contributed by atoms with Gasteiger partial charge in [-0.25, -0.2) is 4.98 Å². The quantitative estimate of drug-likeness (QED) is 0.859. The molecule has 2 aromatic rings. The van der Waals surface area contributed by atoms with Gasteiger partial charge in [-0.05, 0) is 25.3 Å². The van der Waals surface area contributed by atoms with Gasteiger partial charge in [-0.3, -0.25) is 14.2 Å². The Labute approximate surface area is 132 Å². The van der Waals surface area contributed by atoms with Crippen molar-refractivity contribution < 1.29 is 9.53 Å². The fourth-order valence-corrected chi connectivity index (χ4v) is 3.53. The van der Waals surface area contributed by atoms with Crippen LogP contribution >= 0.6 is 11.3 Å². The van der Waals surface area contributed by atoms with E-state index in [1.807, 2.05) is 24.1 Å². The summed E-state index contributed by atoms with van der Waals surface area (Å²) in [5, 5.41) is 2.47. The number of rotatable bonds is 3. The van der Waals surface area contributed by atoms with Crippen molar-refractivity contribution >= 4 is 27.5 Å². The van der Waals surface area contributed by atoms with Crippen molar-refractivity contribution in [2.45, 2.75) is 39.0 Å². The Hall–Kier alpha value is -1.73. The highest BCUT2D eigenvalue weighted by Crippen LogP contribution is 2.14. The molecule has 0 aliphatic carbocycles. The van der Waals surface area contributed by atoms with Gasteiger partial charge in [0.05, 0.1) is 23.9 Å². The van der Waals surface area contributed by atoms with Crippen molar-refractivity contribution in [2.24, 2.45) is 0 Å². The van der Waals surface area contributed by atoms with Gasteiger partial charge in [0.1, 0.15) is 4.83 Å². The smallest absolute Gasteiger partial charge is 0.262 e. The molecule has 1 amide bonds. The lowest BCUT2D eigenvalue weighted by atomic mass is 10.2. The van der Waals surface area contributed by atoms with E-state index >= 15 is 0 Å². The molecule has 0 saturated carbocycles. The molecule has 2 atom stereocenters. The predicted octanol–water partition coefficient (Wildman–Crippen LogP) is 1.48. The molecule has 6 nitrogen and oxygen atoms in total. The number of nitrogens with zero attached hydrogens (tertiary/aromatic N) is 3. The third-order valence-electron chi connectivity index (χ3n) is 3.79. The highest BCUT2D eigenvalue weighted by molar-refractivity contribution is 7.16. The zero-order chi connectivity index (χ0) is 15.7. The lowest BCUT2D eigenvalue weighted by Crippen LogP contribution is -2.48. The van der Waals surface area contributed by atoms with Crippen molar-refractivity contribution in [2.75, 3.05) is 13.1 Å². The largest absolute Gasteiger partial charge is 0.372 e. The van der Waals surface area contributed by atoms with Crippen LogP contribution in [0.4, 0.5) is 0 Å². The first-order valence-electron chi connectivity index (χ1n) is 7.40. The SMILES string of the molecule is C[C@@H]1CN(C(=O)CCn2cnc3sccc3c2=O)C[C@H](C)O1. The lowest BCUT2D eigenvalue weighted by molar-refractivity contribution is -0.143. The van der Waals surface area contributed by atoms with E-state index in [0.717, 1.165) is 4.83 Å². The predicted molar refractivity (Wildman–Crippen MR) is 85.1 cm³/mol. The van der Waals surface area contributed by atoms with Gasteiger partial charge in [0, 0.05) is 26.1 Å². The molecular weight excluding hydrogens is 302 g/mol. The summed E-state index contributed by atoms with van der Waals surface area (Å²) in [6.07, 6.45) is 1.94. The third kappa shape index (κ3) is 3.05. The number of amides is 1. The monoisotopic (exact) mass is 321 g/mol. The highest BCUT2D eigenvalue weighted by atomic mass is 32.1. The number of fused-ring (bicyclic) bond motifs is 1. The zero-order valence-corrected chi connectivity index (χ0v) is 13.5. The minimum absolute atomic E-state index is 0.0549. The first-order valence-corrected chi connectivity index (χ1v) is 8.28. The Kier molecular flexibility index (Phi) is 4.26. The molecule has 0 spiro atoms. The summed E-state index contributed by atoms with van der Waals surface area (Å²) in [7, 11) is 0. The number of morpholine rings is 1. The van der Waals surface area contributed by atoms with Crippen molar-refractivity contribution in [1.29, 1.82) is 0 Å². The zero-order valence-electron chi connectivity index (χ0n) is 12.7. The van der Waals surface area contributed by atoms with Gasteiger partial charge in [-0.15, -0.1) is 11.3 Å². The molecule has 1 aliphatic heterocycles. The van der Waals surface area contributed by atoms with Crippen LogP contribution in [-0.2, 0) is 16.1 Å². The van der Waals surface area contributed by atoms with E-state index in [2.05, 4.69) is 4.98 Å². The molecule has 2 aromatic heterocycles. The van der Waals surface area contributed by atoms with E-state index in [1.165, 1.54) is 22.2 Å². The second-order valence-electron chi connectivity index (χ2n) is 5.69. The van der Waals surface area contributed by atoms with E-state index in [9.17, 15) is 9.59 Å². The molecule has 3 heterocycles. The van der Waals surface area contributed by atoms with Crippen LogP contribution in [0.2, 0.25) is 0 Å². The van der Waals surface area contributed by atoms with Crippen LogP contribution < -0.4 is 5.56 Å². The molecule has 0 N–H and O–H groups in total. The van der Waals surface area contributed by atoms with Crippen LogP contribution in [0.15, 0.2) is 22.6 Å². The standard InChI is InChI=1S/C15H19N3O3S/c1-10-7-18(8-11(2)21-10)13(19)3-5-17-9-16-14-12(15(17)20)4-6-22-14/h4,6,9-11H,3,5,7-8H2,1-2H3/t10-,11+. The Morgan fingerprint density at radius 2 is 2.14 bits per heavy atom. The summed E-state index contributed by atoms with van der Waals surface area (Å²) in [6, 6.07) is 1.78. The van der Waals surface area contributed by atoms with Crippen LogP contribution in [0.25, 0.3) is 10.2 Å².